The first-order valence-corrected chi connectivity index (χ1v) is 17.4. The van der Waals surface area contributed by atoms with E-state index >= 15 is 4.39 Å². The highest BCUT2D eigenvalue weighted by molar-refractivity contribution is 7.92. The van der Waals surface area contributed by atoms with Gasteiger partial charge in [0, 0.05) is 17.1 Å². The zero-order chi connectivity index (χ0) is 33.5. The number of hydrogen-bond acceptors (Lipinski definition) is 9. The van der Waals surface area contributed by atoms with E-state index < -0.39 is 65.9 Å². The topological polar surface area (TPSA) is 138 Å². The van der Waals surface area contributed by atoms with Gasteiger partial charge in [-0.1, -0.05) is 38.5 Å². The summed E-state index contributed by atoms with van der Waals surface area (Å²) in [5.41, 5.74) is -0.799. The molecule has 0 bridgehead atoms. The molecule has 0 amide bonds. The summed E-state index contributed by atoms with van der Waals surface area (Å²) in [6, 6.07) is 7.25. The van der Waals surface area contributed by atoms with Crippen LogP contribution < -0.4 is 0 Å². The second kappa shape index (κ2) is 12.2. The molecule has 0 aliphatic heterocycles. The number of rotatable bonds is 9. The number of nitrogens with zero attached hydrogens (tertiary/aromatic N) is 4. The number of carbonyl (C=O) groups excluding carboxylic acids is 1. The summed E-state index contributed by atoms with van der Waals surface area (Å²) in [7, 11) is -8.15. The number of benzene rings is 1. The van der Waals surface area contributed by atoms with E-state index in [1.54, 1.807) is 53.7 Å². The van der Waals surface area contributed by atoms with Crippen LogP contribution >= 0.6 is 0 Å². The standard InChI is InChI=1S/C31H36F2N4O6S2/c1-19-8-10-22(11-9-19)45(41,42)37-16-24(23-13-21(32)14-35-29(23)37)28-34-15-25(33)26(36-28)12-20(30(2,3)4)17-44(39,40)18-27(38)43-31(5,6)7/h8-11,13-16,20H,12,17-18H2,1-7H3/t20-/m1/s1. The van der Waals surface area contributed by atoms with Crippen LogP contribution in [0.1, 0.15) is 52.8 Å². The predicted octanol–water partition coefficient (Wildman–Crippen LogP) is 5.28. The van der Waals surface area contributed by atoms with Crippen molar-refractivity contribution in [2.75, 3.05) is 11.5 Å². The molecule has 0 unspecified atom stereocenters. The summed E-state index contributed by atoms with van der Waals surface area (Å²) >= 11 is 0. The number of ether oxygens (including phenoxy) is 1. The van der Waals surface area contributed by atoms with Gasteiger partial charge in [0.05, 0.1) is 28.7 Å². The van der Waals surface area contributed by atoms with Crippen molar-refractivity contribution in [3.8, 4) is 11.4 Å². The fraction of sp³-hybridized carbons (Fsp3) is 0.419. The Morgan fingerprint density at radius 3 is 2.22 bits per heavy atom. The zero-order valence-corrected chi connectivity index (χ0v) is 27.8. The lowest BCUT2D eigenvalue weighted by atomic mass is 9.79. The second-order valence-corrected chi connectivity index (χ2v) is 17.0. The number of sulfone groups is 1. The Hall–Kier alpha value is -3.78. The highest BCUT2D eigenvalue weighted by Crippen LogP contribution is 2.34. The van der Waals surface area contributed by atoms with Gasteiger partial charge in [0.1, 0.15) is 17.2 Å². The van der Waals surface area contributed by atoms with E-state index in [4.69, 9.17) is 4.74 Å². The molecule has 0 aliphatic carbocycles. The van der Waals surface area contributed by atoms with Crippen molar-refractivity contribution < 1.29 is 35.1 Å². The molecule has 0 saturated heterocycles. The molecule has 0 aliphatic rings. The van der Waals surface area contributed by atoms with E-state index in [1.807, 2.05) is 6.92 Å². The first-order chi connectivity index (χ1) is 20.7. The third kappa shape index (κ3) is 8.09. The molecule has 10 nitrogen and oxygen atoms in total. The SMILES string of the molecule is Cc1ccc(S(=O)(=O)n2cc(-c3ncc(F)c(C[C@H](CS(=O)(=O)CC(=O)OC(C)(C)C)C(C)(C)C)n3)c3cc(F)cnc32)cc1. The molecule has 4 aromatic rings. The summed E-state index contributed by atoms with van der Waals surface area (Å²) in [6.45, 7) is 12.1. The third-order valence-electron chi connectivity index (χ3n) is 7.09. The van der Waals surface area contributed by atoms with Gasteiger partial charge in [-0.15, -0.1) is 0 Å². The Balaban J connectivity index is 1.74. The second-order valence-electron chi connectivity index (χ2n) is 13.1. The van der Waals surface area contributed by atoms with Crippen molar-refractivity contribution in [2.24, 2.45) is 11.3 Å². The molecule has 4 rings (SSSR count). The minimum atomic E-state index is -4.18. The van der Waals surface area contributed by atoms with Gasteiger partial charge in [0.2, 0.25) is 0 Å². The van der Waals surface area contributed by atoms with Gasteiger partial charge in [-0.05, 0) is 63.6 Å². The molecular weight excluding hydrogens is 626 g/mol. The minimum Gasteiger partial charge on any atom is -0.459 e. The van der Waals surface area contributed by atoms with Crippen LogP contribution in [0.25, 0.3) is 22.4 Å². The zero-order valence-electron chi connectivity index (χ0n) is 26.1. The van der Waals surface area contributed by atoms with Gasteiger partial charge in [0.15, 0.2) is 27.1 Å². The van der Waals surface area contributed by atoms with E-state index in [9.17, 15) is 26.0 Å². The van der Waals surface area contributed by atoms with E-state index in [1.165, 1.54) is 18.3 Å². The van der Waals surface area contributed by atoms with Crippen LogP contribution in [-0.2, 0) is 35.8 Å². The largest absolute Gasteiger partial charge is 0.459 e. The van der Waals surface area contributed by atoms with Gasteiger partial charge in [-0.25, -0.2) is 44.5 Å². The van der Waals surface area contributed by atoms with Crippen LogP contribution in [0.4, 0.5) is 8.78 Å². The summed E-state index contributed by atoms with van der Waals surface area (Å²) in [5, 5.41) is 0.0792. The molecule has 45 heavy (non-hydrogen) atoms. The molecule has 1 aromatic carbocycles. The number of carbonyl (C=O) groups is 1. The van der Waals surface area contributed by atoms with E-state index in [0.29, 0.717) is 0 Å². The number of aryl methyl sites for hydroxylation is 1. The van der Waals surface area contributed by atoms with Crippen molar-refractivity contribution in [2.45, 2.75) is 65.4 Å². The Labute approximate surface area is 261 Å². The molecule has 0 fully saturated rings. The van der Waals surface area contributed by atoms with Crippen LogP contribution in [0.2, 0.25) is 0 Å². The maximum atomic E-state index is 15.2. The number of esters is 1. The molecular formula is C31H36F2N4O6S2. The van der Waals surface area contributed by atoms with Crippen LogP contribution in [0.15, 0.2) is 53.8 Å². The molecule has 0 N–H and O–H groups in total. The van der Waals surface area contributed by atoms with Crippen molar-refractivity contribution in [1.29, 1.82) is 0 Å². The Kier molecular flexibility index (Phi) is 9.24. The molecule has 1 atom stereocenters. The first-order valence-electron chi connectivity index (χ1n) is 14.1. The number of halogens is 2. The van der Waals surface area contributed by atoms with Crippen molar-refractivity contribution in [1.82, 2.24) is 18.9 Å². The highest BCUT2D eigenvalue weighted by Gasteiger charge is 2.34. The number of aromatic nitrogens is 4. The quantitative estimate of drug-likeness (QED) is 0.219. The lowest BCUT2D eigenvalue weighted by Crippen LogP contribution is -2.35. The van der Waals surface area contributed by atoms with Crippen LogP contribution in [0, 0.1) is 29.9 Å². The highest BCUT2D eigenvalue weighted by atomic mass is 32.2. The molecule has 3 aromatic heterocycles. The lowest BCUT2D eigenvalue weighted by Gasteiger charge is -2.30. The number of pyridine rings is 1. The number of fused-ring (bicyclic) bond motifs is 1. The summed E-state index contributed by atoms with van der Waals surface area (Å²) in [4.78, 5) is 24.7. The molecule has 0 spiro atoms. The van der Waals surface area contributed by atoms with Crippen LogP contribution in [0.5, 0.6) is 0 Å². The third-order valence-corrected chi connectivity index (χ3v) is 10.3. The number of hydrogen-bond donors (Lipinski definition) is 0. The molecule has 3 heterocycles. The predicted molar refractivity (Wildman–Crippen MR) is 166 cm³/mol. The fourth-order valence-electron chi connectivity index (χ4n) is 4.68. The summed E-state index contributed by atoms with van der Waals surface area (Å²) in [5.74, 6) is -4.50. The molecule has 0 saturated carbocycles. The normalized spacial score (nSPS) is 13.6. The van der Waals surface area contributed by atoms with E-state index in [-0.39, 0.29) is 39.4 Å². The van der Waals surface area contributed by atoms with Crippen molar-refractivity contribution in [3.63, 3.8) is 0 Å². The van der Waals surface area contributed by atoms with Crippen molar-refractivity contribution in [3.05, 3.63) is 71.8 Å². The van der Waals surface area contributed by atoms with Crippen molar-refractivity contribution >= 4 is 36.9 Å². The van der Waals surface area contributed by atoms with Crippen LogP contribution in [-0.4, -0.2) is 58.8 Å². The monoisotopic (exact) mass is 662 g/mol. The maximum Gasteiger partial charge on any atom is 0.321 e. The minimum absolute atomic E-state index is 0.0241. The fourth-order valence-corrected chi connectivity index (χ4v) is 7.77. The maximum absolute atomic E-state index is 15.2. The smallest absolute Gasteiger partial charge is 0.321 e. The molecule has 0 radical (unpaired) electrons. The van der Waals surface area contributed by atoms with E-state index in [0.717, 1.165) is 28.0 Å². The van der Waals surface area contributed by atoms with E-state index in [2.05, 4.69) is 15.0 Å². The van der Waals surface area contributed by atoms with Gasteiger partial charge >= 0.3 is 5.97 Å². The summed E-state index contributed by atoms with van der Waals surface area (Å²) in [6.07, 6.45) is 2.84. The van der Waals surface area contributed by atoms with Gasteiger partial charge in [0.25, 0.3) is 10.0 Å². The molecule has 242 valence electrons. The lowest BCUT2D eigenvalue weighted by molar-refractivity contribution is -0.151. The van der Waals surface area contributed by atoms with Gasteiger partial charge in [-0.2, -0.15) is 0 Å². The average Bonchev–Trinajstić information content (AvgIpc) is 3.27. The van der Waals surface area contributed by atoms with Crippen LogP contribution in [0.3, 0.4) is 0 Å². The molecule has 14 heteroatoms. The Morgan fingerprint density at radius 2 is 1.62 bits per heavy atom. The first kappa shape index (κ1) is 34.1. The summed E-state index contributed by atoms with van der Waals surface area (Å²) < 4.78 is 88.9. The Morgan fingerprint density at radius 1 is 0.978 bits per heavy atom. The van der Waals surface area contributed by atoms with Gasteiger partial charge in [-0.3, -0.25) is 4.79 Å². The average molecular weight is 663 g/mol. The Bertz CT molecular complexity index is 1960. The van der Waals surface area contributed by atoms with Gasteiger partial charge < -0.3 is 4.74 Å².